The third-order valence-corrected chi connectivity index (χ3v) is 2.41. The number of rotatable bonds is 5. The van der Waals surface area contributed by atoms with Gasteiger partial charge in [0.25, 0.3) is 0 Å². The van der Waals surface area contributed by atoms with Gasteiger partial charge in [-0.3, -0.25) is 5.10 Å². The number of aromatic amines is 1. The Hall–Kier alpha value is -1.62. The summed E-state index contributed by atoms with van der Waals surface area (Å²) in [4.78, 5) is 4.24. The predicted octanol–water partition coefficient (Wildman–Crippen LogP) is 1.60. The summed E-state index contributed by atoms with van der Waals surface area (Å²) in [7, 11) is 0. The minimum atomic E-state index is 0.218. The van der Waals surface area contributed by atoms with Crippen LogP contribution in [-0.4, -0.2) is 21.7 Å². The third kappa shape index (κ3) is 2.70. The second-order valence-electron chi connectivity index (χ2n) is 3.78. The van der Waals surface area contributed by atoms with Gasteiger partial charge in [0.15, 0.2) is 5.82 Å². The maximum Gasteiger partial charge on any atom is 0.151 e. The molecule has 0 amide bonds. The van der Waals surface area contributed by atoms with Crippen LogP contribution in [0.5, 0.6) is 0 Å². The molecule has 2 rings (SSSR count). The van der Waals surface area contributed by atoms with Gasteiger partial charge in [-0.25, -0.2) is 4.98 Å². The second kappa shape index (κ2) is 4.94. The molecule has 0 aliphatic carbocycles. The Morgan fingerprint density at radius 1 is 1.56 bits per heavy atom. The smallest absolute Gasteiger partial charge is 0.151 e. The highest BCUT2D eigenvalue weighted by Gasteiger charge is 2.07. The first-order chi connectivity index (χ1) is 7.75. The molecule has 1 unspecified atom stereocenters. The van der Waals surface area contributed by atoms with Crippen LogP contribution in [0, 0.1) is 6.92 Å². The quantitative estimate of drug-likeness (QED) is 0.803. The fraction of sp³-hybridized carbons (Fsp3) is 0.455. The largest absolute Gasteiger partial charge is 0.468 e. The van der Waals surface area contributed by atoms with Gasteiger partial charge in [0.1, 0.15) is 11.6 Å². The number of hydrogen-bond donors (Lipinski definition) is 2. The SMILES string of the molecule is Cc1nc(CCNC(C)c2ccco2)n[nH]1. The molecule has 5 nitrogen and oxygen atoms in total. The van der Waals surface area contributed by atoms with Crippen molar-refractivity contribution in [1.82, 2.24) is 20.5 Å². The van der Waals surface area contributed by atoms with Crippen molar-refractivity contribution in [3.05, 3.63) is 35.8 Å². The Bertz CT molecular complexity index is 421. The van der Waals surface area contributed by atoms with Crippen LogP contribution in [0.15, 0.2) is 22.8 Å². The minimum Gasteiger partial charge on any atom is -0.468 e. The van der Waals surface area contributed by atoms with Crippen LogP contribution in [0.3, 0.4) is 0 Å². The number of hydrogen-bond acceptors (Lipinski definition) is 4. The molecule has 2 aromatic rings. The van der Waals surface area contributed by atoms with Crippen molar-refractivity contribution in [3.8, 4) is 0 Å². The molecule has 2 N–H and O–H groups in total. The first-order valence-electron chi connectivity index (χ1n) is 5.40. The van der Waals surface area contributed by atoms with Crippen molar-refractivity contribution in [3.63, 3.8) is 0 Å². The van der Waals surface area contributed by atoms with Gasteiger partial charge in [0.2, 0.25) is 0 Å². The standard InChI is InChI=1S/C11H16N4O/c1-8(10-4-3-7-16-10)12-6-5-11-13-9(2)14-15-11/h3-4,7-8,12H,5-6H2,1-2H3,(H,13,14,15). The van der Waals surface area contributed by atoms with Crippen LogP contribution in [-0.2, 0) is 6.42 Å². The normalized spacial score (nSPS) is 12.9. The summed E-state index contributed by atoms with van der Waals surface area (Å²) in [5, 5.41) is 10.3. The van der Waals surface area contributed by atoms with E-state index in [4.69, 9.17) is 4.42 Å². The molecule has 5 heteroatoms. The van der Waals surface area contributed by atoms with E-state index >= 15 is 0 Å². The first-order valence-corrected chi connectivity index (χ1v) is 5.40. The molecule has 0 spiro atoms. The minimum absolute atomic E-state index is 0.218. The van der Waals surface area contributed by atoms with E-state index in [0.29, 0.717) is 0 Å². The molecule has 0 bridgehead atoms. The summed E-state index contributed by atoms with van der Waals surface area (Å²) in [6.07, 6.45) is 2.50. The summed E-state index contributed by atoms with van der Waals surface area (Å²) < 4.78 is 5.30. The van der Waals surface area contributed by atoms with E-state index in [-0.39, 0.29) is 6.04 Å². The fourth-order valence-corrected chi connectivity index (χ4v) is 1.54. The molecular weight excluding hydrogens is 204 g/mol. The zero-order valence-electron chi connectivity index (χ0n) is 9.53. The molecule has 0 saturated carbocycles. The van der Waals surface area contributed by atoms with Gasteiger partial charge in [-0.2, -0.15) is 5.10 Å². The van der Waals surface area contributed by atoms with Crippen molar-refractivity contribution < 1.29 is 4.42 Å². The molecule has 0 saturated heterocycles. The zero-order valence-corrected chi connectivity index (χ0v) is 9.53. The number of furan rings is 1. The lowest BCUT2D eigenvalue weighted by molar-refractivity contribution is 0.431. The van der Waals surface area contributed by atoms with Gasteiger partial charge in [0, 0.05) is 13.0 Å². The van der Waals surface area contributed by atoms with Gasteiger partial charge >= 0.3 is 0 Å². The van der Waals surface area contributed by atoms with E-state index < -0.39 is 0 Å². The van der Waals surface area contributed by atoms with Crippen molar-refractivity contribution in [2.45, 2.75) is 26.3 Å². The Labute approximate surface area is 94.3 Å². The average Bonchev–Trinajstić information content (AvgIpc) is 2.89. The third-order valence-electron chi connectivity index (χ3n) is 2.41. The lowest BCUT2D eigenvalue weighted by atomic mass is 10.2. The van der Waals surface area contributed by atoms with Crippen LogP contribution in [0.1, 0.15) is 30.4 Å². The lowest BCUT2D eigenvalue weighted by Crippen LogP contribution is -2.21. The molecule has 1 atom stereocenters. The number of nitrogens with one attached hydrogen (secondary N) is 2. The van der Waals surface area contributed by atoms with E-state index in [2.05, 4.69) is 27.4 Å². The molecule has 0 aliphatic rings. The van der Waals surface area contributed by atoms with Crippen molar-refractivity contribution in [2.24, 2.45) is 0 Å². The van der Waals surface area contributed by atoms with Gasteiger partial charge < -0.3 is 9.73 Å². The fourth-order valence-electron chi connectivity index (χ4n) is 1.54. The summed E-state index contributed by atoms with van der Waals surface area (Å²) >= 11 is 0. The van der Waals surface area contributed by atoms with Crippen molar-refractivity contribution >= 4 is 0 Å². The monoisotopic (exact) mass is 220 g/mol. The van der Waals surface area contributed by atoms with Crippen LogP contribution >= 0.6 is 0 Å². The zero-order chi connectivity index (χ0) is 11.4. The number of nitrogens with zero attached hydrogens (tertiary/aromatic N) is 2. The van der Waals surface area contributed by atoms with Crippen molar-refractivity contribution in [1.29, 1.82) is 0 Å². The van der Waals surface area contributed by atoms with Gasteiger partial charge in [-0.15, -0.1) is 0 Å². The average molecular weight is 220 g/mol. The molecule has 2 heterocycles. The Morgan fingerprint density at radius 3 is 3.06 bits per heavy atom. The van der Waals surface area contributed by atoms with Crippen molar-refractivity contribution in [2.75, 3.05) is 6.54 Å². The lowest BCUT2D eigenvalue weighted by Gasteiger charge is -2.09. The highest BCUT2D eigenvalue weighted by molar-refractivity contribution is 5.03. The molecule has 86 valence electrons. The maximum absolute atomic E-state index is 5.30. The van der Waals surface area contributed by atoms with E-state index in [1.807, 2.05) is 19.1 Å². The van der Waals surface area contributed by atoms with E-state index in [1.165, 1.54) is 0 Å². The Morgan fingerprint density at radius 2 is 2.44 bits per heavy atom. The number of aryl methyl sites for hydroxylation is 1. The van der Waals surface area contributed by atoms with Crippen LogP contribution in [0.2, 0.25) is 0 Å². The molecular formula is C11H16N4O. The summed E-state index contributed by atoms with van der Waals surface area (Å²) in [5.74, 6) is 2.65. The highest BCUT2D eigenvalue weighted by Crippen LogP contribution is 2.11. The second-order valence-corrected chi connectivity index (χ2v) is 3.78. The molecule has 0 fully saturated rings. The topological polar surface area (TPSA) is 66.7 Å². The highest BCUT2D eigenvalue weighted by atomic mass is 16.3. The summed E-state index contributed by atoms with van der Waals surface area (Å²) in [5.41, 5.74) is 0. The molecule has 0 radical (unpaired) electrons. The number of H-pyrrole nitrogens is 1. The van der Waals surface area contributed by atoms with Gasteiger partial charge in [-0.1, -0.05) is 0 Å². The van der Waals surface area contributed by atoms with Crippen LogP contribution < -0.4 is 5.32 Å². The molecule has 2 aromatic heterocycles. The molecule has 16 heavy (non-hydrogen) atoms. The maximum atomic E-state index is 5.30. The Balaban J connectivity index is 1.76. The van der Waals surface area contributed by atoms with Crippen LogP contribution in [0.25, 0.3) is 0 Å². The van der Waals surface area contributed by atoms with Gasteiger partial charge in [-0.05, 0) is 26.0 Å². The molecule has 0 aliphatic heterocycles. The van der Waals surface area contributed by atoms with Crippen LogP contribution in [0.4, 0.5) is 0 Å². The van der Waals surface area contributed by atoms with Gasteiger partial charge in [0.05, 0.1) is 12.3 Å². The van der Waals surface area contributed by atoms with E-state index in [1.54, 1.807) is 6.26 Å². The van der Waals surface area contributed by atoms with E-state index in [9.17, 15) is 0 Å². The predicted molar refractivity (Wildman–Crippen MR) is 59.9 cm³/mol. The Kier molecular flexibility index (Phi) is 3.36. The first kappa shape index (κ1) is 10.9. The molecule has 0 aromatic carbocycles. The number of aromatic nitrogens is 3. The summed E-state index contributed by atoms with van der Waals surface area (Å²) in [6, 6.07) is 4.08. The van der Waals surface area contributed by atoms with E-state index in [0.717, 1.165) is 30.4 Å². The summed E-state index contributed by atoms with van der Waals surface area (Å²) in [6.45, 7) is 4.80.